The summed E-state index contributed by atoms with van der Waals surface area (Å²) in [5.74, 6) is -0.648. The molecule has 0 radical (unpaired) electrons. The average molecular weight is 342 g/mol. The van der Waals surface area contributed by atoms with Crippen molar-refractivity contribution < 1.29 is 23.7 Å². The second-order valence-electron chi connectivity index (χ2n) is 7.20. The molecule has 2 heterocycles. The molecule has 2 aliphatic rings. The predicted octanol–water partition coefficient (Wildman–Crippen LogP) is 3.81. The van der Waals surface area contributed by atoms with Gasteiger partial charge in [0.2, 0.25) is 0 Å². The maximum Gasteiger partial charge on any atom is 0.190 e. The summed E-state index contributed by atoms with van der Waals surface area (Å²) in [6, 6.07) is 0. The normalized spacial score (nSPS) is 34.4. The Bertz CT molecular complexity index is 397. The average Bonchev–Trinajstić information content (AvgIpc) is 2.95. The topological polar surface area (TPSA) is 46.2 Å². The van der Waals surface area contributed by atoms with E-state index >= 15 is 0 Å². The van der Waals surface area contributed by atoms with Gasteiger partial charge < -0.3 is 23.7 Å². The molecule has 0 aromatic heterocycles. The molecule has 0 bridgehead atoms. The summed E-state index contributed by atoms with van der Waals surface area (Å²) in [7, 11) is 0. The fraction of sp³-hybridized carbons (Fsp3) is 0.895. The Labute approximate surface area is 146 Å². The van der Waals surface area contributed by atoms with Crippen molar-refractivity contribution in [1.82, 2.24) is 0 Å². The first-order valence-electron chi connectivity index (χ1n) is 9.31. The molecule has 2 aliphatic heterocycles. The fourth-order valence-corrected chi connectivity index (χ4v) is 3.33. The Hall–Kier alpha value is -0.460. The van der Waals surface area contributed by atoms with Gasteiger partial charge in [-0.25, -0.2) is 0 Å². The second kappa shape index (κ2) is 8.77. The number of hydrogen-bond donors (Lipinski definition) is 0. The molecule has 4 atom stereocenters. The van der Waals surface area contributed by atoms with Gasteiger partial charge in [-0.3, -0.25) is 0 Å². The third kappa shape index (κ3) is 4.58. The second-order valence-corrected chi connectivity index (χ2v) is 7.20. The third-order valence-electron chi connectivity index (χ3n) is 4.53. The maximum absolute atomic E-state index is 6.30. The molecule has 0 saturated carbocycles. The molecule has 0 aromatic rings. The SMILES string of the molecule is C=CC[C@]1(COCCCC)O[C@@H]2OC(C)(C)OC2C1OCCCC. The van der Waals surface area contributed by atoms with Gasteiger partial charge in [-0.2, -0.15) is 0 Å². The van der Waals surface area contributed by atoms with E-state index in [1.807, 2.05) is 19.9 Å². The van der Waals surface area contributed by atoms with Crippen LogP contribution in [0.15, 0.2) is 12.7 Å². The van der Waals surface area contributed by atoms with Crippen molar-refractivity contribution in [2.45, 2.75) is 89.7 Å². The van der Waals surface area contributed by atoms with Crippen molar-refractivity contribution >= 4 is 0 Å². The highest BCUT2D eigenvalue weighted by Gasteiger charge is 2.62. The lowest BCUT2D eigenvalue weighted by Crippen LogP contribution is -2.50. The third-order valence-corrected chi connectivity index (χ3v) is 4.53. The van der Waals surface area contributed by atoms with Crippen LogP contribution in [0.2, 0.25) is 0 Å². The zero-order valence-electron chi connectivity index (χ0n) is 15.7. The molecular weight excluding hydrogens is 308 g/mol. The van der Waals surface area contributed by atoms with Gasteiger partial charge in [0, 0.05) is 13.2 Å². The van der Waals surface area contributed by atoms with E-state index in [4.69, 9.17) is 23.7 Å². The molecule has 5 heteroatoms. The summed E-state index contributed by atoms with van der Waals surface area (Å²) in [4.78, 5) is 0. The van der Waals surface area contributed by atoms with E-state index in [1.165, 1.54) is 0 Å². The van der Waals surface area contributed by atoms with Crippen LogP contribution in [-0.2, 0) is 23.7 Å². The van der Waals surface area contributed by atoms with Crippen molar-refractivity contribution in [2.24, 2.45) is 0 Å². The molecule has 2 saturated heterocycles. The van der Waals surface area contributed by atoms with E-state index in [1.54, 1.807) is 0 Å². The monoisotopic (exact) mass is 342 g/mol. The summed E-state index contributed by atoms with van der Waals surface area (Å²) >= 11 is 0. The van der Waals surface area contributed by atoms with Crippen LogP contribution in [0.25, 0.3) is 0 Å². The van der Waals surface area contributed by atoms with E-state index < -0.39 is 17.7 Å². The molecule has 0 spiro atoms. The van der Waals surface area contributed by atoms with Gasteiger partial charge in [-0.05, 0) is 33.1 Å². The molecule has 2 fully saturated rings. The van der Waals surface area contributed by atoms with Crippen LogP contribution in [0.3, 0.4) is 0 Å². The first-order valence-corrected chi connectivity index (χ1v) is 9.31. The minimum atomic E-state index is -0.648. The summed E-state index contributed by atoms with van der Waals surface area (Å²) < 4.78 is 30.4. The van der Waals surface area contributed by atoms with Crippen molar-refractivity contribution in [3.8, 4) is 0 Å². The van der Waals surface area contributed by atoms with E-state index in [2.05, 4.69) is 20.4 Å². The zero-order valence-corrected chi connectivity index (χ0v) is 15.7. The van der Waals surface area contributed by atoms with Crippen molar-refractivity contribution in [2.75, 3.05) is 19.8 Å². The zero-order chi connectivity index (χ0) is 17.6. The van der Waals surface area contributed by atoms with Crippen LogP contribution < -0.4 is 0 Å². The van der Waals surface area contributed by atoms with E-state index in [9.17, 15) is 0 Å². The van der Waals surface area contributed by atoms with Gasteiger partial charge >= 0.3 is 0 Å². The lowest BCUT2D eigenvalue weighted by Gasteiger charge is -2.36. The van der Waals surface area contributed by atoms with Gasteiger partial charge in [0.1, 0.15) is 17.8 Å². The van der Waals surface area contributed by atoms with Crippen LogP contribution >= 0.6 is 0 Å². The van der Waals surface area contributed by atoms with Crippen LogP contribution in [-0.4, -0.2) is 49.7 Å². The van der Waals surface area contributed by atoms with E-state index in [-0.39, 0.29) is 12.2 Å². The predicted molar refractivity (Wildman–Crippen MR) is 92.8 cm³/mol. The molecule has 0 aliphatic carbocycles. The Morgan fingerprint density at radius 3 is 2.42 bits per heavy atom. The van der Waals surface area contributed by atoms with Crippen molar-refractivity contribution in [3.63, 3.8) is 0 Å². The summed E-state index contributed by atoms with van der Waals surface area (Å²) in [6.07, 6.45) is 5.91. The highest BCUT2D eigenvalue weighted by atomic mass is 16.8. The maximum atomic E-state index is 6.30. The number of rotatable bonds is 11. The standard InChI is InChI=1S/C19H34O5/c1-6-9-12-20-14-19(11-8-3)16(21-13-10-7-2)15-17(24-19)23-18(4,5)22-15/h8,15-17H,3,6-7,9-14H2,1-2,4-5H3/t15?,16?,17-,19+/m0/s1. The largest absolute Gasteiger partial charge is 0.378 e. The lowest BCUT2D eigenvalue weighted by atomic mass is 9.92. The smallest absolute Gasteiger partial charge is 0.190 e. The molecule has 0 aromatic carbocycles. The quantitative estimate of drug-likeness (QED) is 0.422. The van der Waals surface area contributed by atoms with Crippen molar-refractivity contribution in [3.05, 3.63) is 12.7 Å². The Morgan fingerprint density at radius 1 is 1.04 bits per heavy atom. The Kier molecular flexibility index (Phi) is 7.25. The molecule has 2 rings (SSSR count). The first-order chi connectivity index (χ1) is 11.5. The van der Waals surface area contributed by atoms with Crippen LogP contribution in [0.5, 0.6) is 0 Å². The van der Waals surface area contributed by atoms with Crippen LogP contribution in [0, 0.1) is 0 Å². The summed E-state index contributed by atoms with van der Waals surface area (Å²) in [5.41, 5.74) is -0.588. The minimum Gasteiger partial charge on any atom is -0.378 e. The van der Waals surface area contributed by atoms with E-state index in [0.717, 1.165) is 32.3 Å². The van der Waals surface area contributed by atoms with Gasteiger partial charge in [-0.15, -0.1) is 6.58 Å². The van der Waals surface area contributed by atoms with Gasteiger partial charge in [0.15, 0.2) is 12.1 Å². The van der Waals surface area contributed by atoms with Gasteiger partial charge in [0.05, 0.1) is 6.61 Å². The highest BCUT2D eigenvalue weighted by Crippen LogP contribution is 2.45. The van der Waals surface area contributed by atoms with Gasteiger partial charge in [0.25, 0.3) is 0 Å². The summed E-state index contributed by atoms with van der Waals surface area (Å²) in [5, 5.41) is 0. The molecule has 5 nitrogen and oxygen atoms in total. The lowest BCUT2D eigenvalue weighted by molar-refractivity contribution is -0.252. The Balaban J connectivity index is 2.11. The molecule has 0 amide bonds. The van der Waals surface area contributed by atoms with Gasteiger partial charge in [-0.1, -0.05) is 32.8 Å². The number of fused-ring (bicyclic) bond motifs is 1. The highest BCUT2D eigenvalue weighted by molar-refractivity contribution is 5.07. The minimum absolute atomic E-state index is 0.213. The molecular formula is C19H34O5. The summed E-state index contributed by atoms with van der Waals surface area (Å²) in [6.45, 7) is 13.9. The van der Waals surface area contributed by atoms with Crippen LogP contribution in [0.1, 0.15) is 59.8 Å². The first kappa shape index (κ1) is 19.9. The molecule has 24 heavy (non-hydrogen) atoms. The number of hydrogen-bond acceptors (Lipinski definition) is 5. The van der Waals surface area contributed by atoms with Crippen molar-refractivity contribution in [1.29, 1.82) is 0 Å². The molecule has 2 unspecified atom stereocenters. The van der Waals surface area contributed by atoms with Crippen LogP contribution in [0.4, 0.5) is 0 Å². The molecule has 0 N–H and O–H groups in total. The number of unbranched alkanes of at least 4 members (excludes halogenated alkanes) is 2. The number of ether oxygens (including phenoxy) is 5. The fourth-order valence-electron chi connectivity index (χ4n) is 3.33. The Morgan fingerprint density at radius 2 is 1.75 bits per heavy atom. The molecule has 140 valence electrons. The van der Waals surface area contributed by atoms with E-state index in [0.29, 0.717) is 19.6 Å².